The van der Waals surface area contributed by atoms with E-state index in [0.717, 1.165) is 3.57 Å². The summed E-state index contributed by atoms with van der Waals surface area (Å²) in [5, 5.41) is 0. The molecule has 0 saturated carbocycles. The summed E-state index contributed by atoms with van der Waals surface area (Å²) in [6, 6.07) is 6.31. The van der Waals surface area contributed by atoms with Gasteiger partial charge in [-0.05, 0) is 0 Å². The van der Waals surface area contributed by atoms with E-state index in [1.807, 2.05) is 0 Å². The Labute approximate surface area is 81.8 Å². The third-order valence-electron chi connectivity index (χ3n) is 1.33. The summed E-state index contributed by atoms with van der Waals surface area (Å²) in [6.07, 6.45) is 0. The molecule has 1 N–H and O–H groups in total. The summed E-state index contributed by atoms with van der Waals surface area (Å²) in [5.41, 5.74) is 0. The van der Waals surface area contributed by atoms with E-state index >= 15 is 0 Å². The third-order valence-corrected chi connectivity index (χ3v) is 4.16. The van der Waals surface area contributed by atoms with Gasteiger partial charge in [-0.1, -0.05) is 0 Å². The molecule has 0 heterocycles. The van der Waals surface area contributed by atoms with Crippen LogP contribution < -0.4 is 21.2 Å². The first-order valence-electron chi connectivity index (χ1n) is 3.11. The van der Waals surface area contributed by atoms with Gasteiger partial charge in [0, 0.05) is 0 Å². The topological polar surface area (TPSA) is 54.4 Å². The van der Waals surface area contributed by atoms with Crippen molar-refractivity contribution in [3.05, 3.63) is 27.8 Å². The summed E-state index contributed by atoms with van der Waals surface area (Å²) >= 11 is -0.0166. The standard InChI is InChI=1S/C7H8IO3S/c1-8-6-2-4-7(5-3-6)12(9,10)11/h2-5H,1H3,(H,9,10,11)/q-1. The van der Waals surface area contributed by atoms with Gasteiger partial charge in [0.2, 0.25) is 0 Å². The molecule has 0 spiro atoms. The minimum absolute atomic E-state index is 0.0166. The molecule has 1 aromatic carbocycles. The van der Waals surface area contributed by atoms with E-state index in [2.05, 4.69) is 4.93 Å². The van der Waals surface area contributed by atoms with Crippen LogP contribution in [-0.4, -0.2) is 17.9 Å². The van der Waals surface area contributed by atoms with Crippen molar-refractivity contribution >= 4 is 10.1 Å². The Kier molecular flexibility index (Phi) is 3.08. The van der Waals surface area contributed by atoms with Gasteiger partial charge in [-0.3, -0.25) is 0 Å². The van der Waals surface area contributed by atoms with Gasteiger partial charge in [0.1, 0.15) is 0 Å². The fourth-order valence-electron chi connectivity index (χ4n) is 0.733. The molecule has 1 rings (SSSR count). The van der Waals surface area contributed by atoms with E-state index in [1.165, 1.54) is 12.1 Å². The second-order valence-electron chi connectivity index (χ2n) is 2.12. The predicted molar refractivity (Wildman–Crippen MR) is 40.9 cm³/mol. The van der Waals surface area contributed by atoms with E-state index in [1.54, 1.807) is 12.1 Å². The molecular weight excluding hydrogens is 291 g/mol. The molecular formula is C7H8IO3S-. The first-order chi connectivity index (χ1) is 5.54. The molecule has 0 aromatic heterocycles. The summed E-state index contributed by atoms with van der Waals surface area (Å²) < 4.78 is 31.0. The van der Waals surface area contributed by atoms with Gasteiger partial charge in [-0.25, -0.2) is 0 Å². The number of alkyl halides is 1. The van der Waals surface area contributed by atoms with Gasteiger partial charge in [-0.2, -0.15) is 0 Å². The normalized spacial score (nSPS) is 11.8. The Bertz CT molecular complexity index is 355. The van der Waals surface area contributed by atoms with Crippen molar-refractivity contribution < 1.29 is 34.2 Å². The van der Waals surface area contributed by atoms with Crippen molar-refractivity contribution in [1.82, 2.24) is 0 Å². The maximum atomic E-state index is 10.6. The molecule has 5 heteroatoms. The van der Waals surface area contributed by atoms with Crippen molar-refractivity contribution in [3.8, 4) is 0 Å². The summed E-state index contributed by atoms with van der Waals surface area (Å²) in [6.45, 7) is 0. The molecule has 0 amide bonds. The van der Waals surface area contributed by atoms with Crippen LogP contribution in [0.3, 0.4) is 0 Å². The van der Waals surface area contributed by atoms with Crippen molar-refractivity contribution in [2.75, 3.05) is 4.93 Å². The molecule has 68 valence electrons. The molecule has 0 unspecified atom stereocenters. The van der Waals surface area contributed by atoms with Crippen LogP contribution in [0.5, 0.6) is 0 Å². The molecule has 0 aliphatic rings. The molecule has 0 aliphatic carbocycles. The third kappa shape index (κ3) is 2.43. The van der Waals surface area contributed by atoms with Gasteiger partial charge >= 0.3 is 82.0 Å². The maximum absolute atomic E-state index is 10.6. The fourth-order valence-corrected chi connectivity index (χ4v) is 2.29. The molecule has 0 atom stereocenters. The van der Waals surface area contributed by atoms with Crippen LogP contribution in [0.2, 0.25) is 0 Å². The summed E-state index contributed by atoms with van der Waals surface area (Å²) in [7, 11) is -4.02. The molecule has 0 saturated heterocycles. The quantitative estimate of drug-likeness (QED) is 0.384. The second kappa shape index (κ2) is 3.71. The molecule has 0 fully saturated rings. The number of hydrogen-bond donors (Lipinski definition) is 1. The van der Waals surface area contributed by atoms with E-state index in [9.17, 15) is 8.42 Å². The van der Waals surface area contributed by atoms with E-state index in [0.29, 0.717) is 0 Å². The Morgan fingerprint density at radius 1 is 1.25 bits per heavy atom. The Morgan fingerprint density at radius 2 is 1.75 bits per heavy atom. The van der Waals surface area contributed by atoms with Crippen LogP contribution >= 0.6 is 0 Å². The number of benzene rings is 1. The van der Waals surface area contributed by atoms with Crippen LogP contribution in [0.15, 0.2) is 29.2 Å². The number of hydrogen-bond acceptors (Lipinski definition) is 2. The van der Waals surface area contributed by atoms with Gasteiger partial charge in [0.15, 0.2) is 0 Å². The monoisotopic (exact) mass is 299 g/mol. The van der Waals surface area contributed by atoms with Crippen LogP contribution in [0.4, 0.5) is 0 Å². The summed E-state index contributed by atoms with van der Waals surface area (Å²) in [4.78, 5) is 2.05. The van der Waals surface area contributed by atoms with Gasteiger partial charge < -0.3 is 0 Å². The first-order valence-corrected chi connectivity index (χ1v) is 7.78. The average Bonchev–Trinajstić information content (AvgIpc) is 2.03. The minimum atomic E-state index is -4.02. The zero-order valence-corrected chi connectivity index (χ0v) is 9.33. The first kappa shape index (κ1) is 9.94. The number of rotatable bonds is 2. The Morgan fingerprint density at radius 3 is 2.08 bits per heavy atom. The molecule has 0 bridgehead atoms. The van der Waals surface area contributed by atoms with Gasteiger partial charge in [-0.15, -0.1) is 0 Å². The van der Waals surface area contributed by atoms with Gasteiger partial charge in [0.05, 0.1) is 0 Å². The average molecular weight is 299 g/mol. The van der Waals surface area contributed by atoms with Crippen molar-refractivity contribution in [2.45, 2.75) is 4.90 Å². The summed E-state index contributed by atoms with van der Waals surface area (Å²) in [5.74, 6) is 0. The zero-order chi connectivity index (χ0) is 9.19. The molecule has 1 aromatic rings. The Balaban J connectivity index is 3.09. The van der Waals surface area contributed by atoms with Crippen molar-refractivity contribution in [1.29, 1.82) is 0 Å². The number of halogens is 1. The predicted octanol–water partition coefficient (Wildman–Crippen LogP) is -2.18. The van der Waals surface area contributed by atoms with Crippen LogP contribution in [0.1, 0.15) is 0 Å². The van der Waals surface area contributed by atoms with Gasteiger partial charge in [0.25, 0.3) is 0 Å². The van der Waals surface area contributed by atoms with E-state index in [-0.39, 0.29) is 26.1 Å². The molecule has 12 heavy (non-hydrogen) atoms. The SMILES string of the molecule is C[I-]c1ccc(S(=O)(=O)O)cc1. The van der Waals surface area contributed by atoms with E-state index < -0.39 is 10.1 Å². The molecule has 0 aliphatic heterocycles. The molecule has 3 nitrogen and oxygen atoms in total. The zero-order valence-electron chi connectivity index (χ0n) is 6.36. The van der Waals surface area contributed by atoms with Crippen LogP contribution in [0.25, 0.3) is 0 Å². The second-order valence-corrected chi connectivity index (χ2v) is 5.86. The van der Waals surface area contributed by atoms with Crippen molar-refractivity contribution in [3.63, 3.8) is 0 Å². The van der Waals surface area contributed by atoms with Crippen LogP contribution in [0, 0.1) is 3.57 Å². The van der Waals surface area contributed by atoms with Crippen LogP contribution in [-0.2, 0) is 10.1 Å². The fraction of sp³-hybridized carbons (Fsp3) is 0.143. The molecule has 0 radical (unpaired) electrons. The Hall–Kier alpha value is -0.140. The van der Waals surface area contributed by atoms with E-state index in [4.69, 9.17) is 4.55 Å². The van der Waals surface area contributed by atoms with Crippen molar-refractivity contribution in [2.24, 2.45) is 0 Å².